The van der Waals surface area contributed by atoms with Gasteiger partial charge in [0.15, 0.2) is 5.82 Å². The van der Waals surface area contributed by atoms with Crippen LogP contribution in [-0.4, -0.2) is 27.6 Å². The van der Waals surface area contributed by atoms with Crippen LogP contribution < -0.4 is 10.6 Å². The molecule has 0 fully saturated rings. The van der Waals surface area contributed by atoms with E-state index in [-0.39, 0.29) is 11.7 Å². The maximum atomic E-state index is 13.0. The molecular formula is C16H14FN5OS. The van der Waals surface area contributed by atoms with Gasteiger partial charge < -0.3 is 10.6 Å². The van der Waals surface area contributed by atoms with Gasteiger partial charge in [0.2, 0.25) is 0 Å². The fraction of sp³-hybridized carbons (Fsp3) is 0.188. The number of carbonyl (C=O) groups is 1. The number of rotatable bonds is 3. The molecule has 0 spiro atoms. The van der Waals surface area contributed by atoms with Crippen molar-refractivity contribution < 1.29 is 9.18 Å². The third-order valence-corrected chi connectivity index (χ3v) is 4.76. The number of hydrogen-bond acceptors (Lipinski definition) is 5. The van der Waals surface area contributed by atoms with Gasteiger partial charge in [0.25, 0.3) is 5.91 Å². The first-order chi connectivity index (χ1) is 11.7. The van der Waals surface area contributed by atoms with E-state index in [1.54, 1.807) is 17.5 Å². The zero-order valence-electron chi connectivity index (χ0n) is 12.6. The molecule has 3 N–H and O–H groups in total. The fourth-order valence-electron chi connectivity index (χ4n) is 2.60. The van der Waals surface area contributed by atoms with Crippen molar-refractivity contribution in [2.75, 3.05) is 11.9 Å². The first-order valence-electron chi connectivity index (χ1n) is 7.50. The highest BCUT2D eigenvalue weighted by Crippen LogP contribution is 2.25. The maximum absolute atomic E-state index is 13.0. The number of nitrogens with one attached hydrogen (secondary N) is 3. The molecule has 24 heavy (non-hydrogen) atoms. The number of H-pyrrole nitrogens is 1. The second kappa shape index (κ2) is 6.14. The number of anilines is 1. The summed E-state index contributed by atoms with van der Waals surface area (Å²) in [6.07, 6.45) is 0.865. The number of aromatic nitrogens is 3. The predicted octanol–water partition coefficient (Wildman–Crippen LogP) is 2.57. The summed E-state index contributed by atoms with van der Waals surface area (Å²) in [5.41, 5.74) is 3.14. The SMILES string of the molecule is O=C(Nc1n[nH]c2c1CNCC2)c1csc(-c2ccc(F)cc2)n1. The van der Waals surface area contributed by atoms with Crippen LogP contribution >= 0.6 is 11.3 Å². The molecule has 0 saturated carbocycles. The number of carbonyl (C=O) groups excluding carboxylic acids is 1. The number of thiazole rings is 1. The Morgan fingerprint density at radius 3 is 2.96 bits per heavy atom. The lowest BCUT2D eigenvalue weighted by atomic mass is 10.1. The van der Waals surface area contributed by atoms with E-state index < -0.39 is 0 Å². The van der Waals surface area contributed by atoms with Gasteiger partial charge in [-0.15, -0.1) is 11.3 Å². The molecule has 3 aromatic rings. The smallest absolute Gasteiger partial charge is 0.276 e. The topological polar surface area (TPSA) is 82.7 Å². The first kappa shape index (κ1) is 15.0. The van der Waals surface area contributed by atoms with Crippen LogP contribution in [0.4, 0.5) is 10.2 Å². The number of fused-ring (bicyclic) bond motifs is 1. The summed E-state index contributed by atoms with van der Waals surface area (Å²) in [6, 6.07) is 6.04. The summed E-state index contributed by atoms with van der Waals surface area (Å²) >= 11 is 1.34. The van der Waals surface area contributed by atoms with Crippen LogP contribution in [0.15, 0.2) is 29.6 Å². The minimum Gasteiger partial charge on any atom is -0.312 e. The number of aromatic amines is 1. The molecule has 0 unspecified atom stereocenters. The van der Waals surface area contributed by atoms with Gasteiger partial charge in [-0.25, -0.2) is 9.37 Å². The summed E-state index contributed by atoms with van der Waals surface area (Å²) in [5, 5.41) is 15.6. The van der Waals surface area contributed by atoms with Crippen LogP contribution in [0.5, 0.6) is 0 Å². The molecule has 4 rings (SSSR count). The molecule has 1 aliphatic heterocycles. The summed E-state index contributed by atoms with van der Waals surface area (Å²) in [4.78, 5) is 16.7. The highest BCUT2D eigenvalue weighted by Gasteiger charge is 2.20. The summed E-state index contributed by atoms with van der Waals surface area (Å²) < 4.78 is 13.0. The number of amides is 1. The Labute approximate surface area is 141 Å². The molecule has 1 amide bonds. The normalized spacial score (nSPS) is 13.5. The van der Waals surface area contributed by atoms with E-state index in [2.05, 4.69) is 25.8 Å². The molecule has 122 valence electrons. The molecule has 6 nitrogen and oxygen atoms in total. The van der Waals surface area contributed by atoms with E-state index in [0.717, 1.165) is 29.8 Å². The van der Waals surface area contributed by atoms with E-state index in [4.69, 9.17) is 0 Å². The summed E-state index contributed by atoms with van der Waals surface area (Å²) in [7, 11) is 0. The van der Waals surface area contributed by atoms with Crippen molar-refractivity contribution in [3.8, 4) is 10.6 Å². The van der Waals surface area contributed by atoms with Crippen LogP contribution in [-0.2, 0) is 13.0 Å². The van der Waals surface area contributed by atoms with Gasteiger partial charge in [-0.05, 0) is 24.3 Å². The molecule has 0 atom stereocenters. The lowest BCUT2D eigenvalue weighted by molar-refractivity contribution is 0.102. The van der Waals surface area contributed by atoms with E-state index >= 15 is 0 Å². The zero-order chi connectivity index (χ0) is 16.5. The number of hydrogen-bond donors (Lipinski definition) is 3. The van der Waals surface area contributed by atoms with Crippen molar-refractivity contribution in [3.05, 3.63) is 52.4 Å². The van der Waals surface area contributed by atoms with Crippen molar-refractivity contribution in [1.29, 1.82) is 0 Å². The van der Waals surface area contributed by atoms with Crippen LogP contribution in [0.1, 0.15) is 21.7 Å². The van der Waals surface area contributed by atoms with Crippen molar-refractivity contribution >= 4 is 23.1 Å². The van der Waals surface area contributed by atoms with E-state index in [0.29, 0.717) is 23.1 Å². The van der Waals surface area contributed by atoms with Crippen LogP contribution in [0.2, 0.25) is 0 Å². The summed E-state index contributed by atoms with van der Waals surface area (Å²) in [6.45, 7) is 1.58. The lowest BCUT2D eigenvalue weighted by Crippen LogP contribution is -2.24. The third-order valence-electron chi connectivity index (χ3n) is 3.87. The van der Waals surface area contributed by atoms with Crippen molar-refractivity contribution in [2.45, 2.75) is 13.0 Å². The zero-order valence-corrected chi connectivity index (χ0v) is 13.4. The predicted molar refractivity (Wildman–Crippen MR) is 89.5 cm³/mol. The lowest BCUT2D eigenvalue weighted by Gasteiger charge is -2.12. The van der Waals surface area contributed by atoms with Crippen molar-refractivity contribution in [3.63, 3.8) is 0 Å². The molecule has 0 bridgehead atoms. The Hall–Kier alpha value is -2.58. The van der Waals surface area contributed by atoms with Gasteiger partial charge in [0, 0.05) is 41.7 Å². The number of nitrogens with zero attached hydrogens (tertiary/aromatic N) is 2. The third kappa shape index (κ3) is 2.81. The monoisotopic (exact) mass is 343 g/mol. The standard InChI is InChI=1S/C16H14FN5OS/c17-10-3-1-9(2-4-10)16-19-13(8-24-16)15(23)20-14-11-7-18-6-5-12(11)21-22-14/h1-4,8,18H,5-7H2,(H2,20,21,22,23). The van der Waals surface area contributed by atoms with E-state index in [9.17, 15) is 9.18 Å². The summed E-state index contributed by atoms with van der Waals surface area (Å²) in [5.74, 6) is -0.0665. The minimum atomic E-state index is -0.306. The van der Waals surface area contributed by atoms with Crippen molar-refractivity contribution in [1.82, 2.24) is 20.5 Å². The van der Waals surface area contributed by atoms with Crippen molar-refractivity contribution in [2.24, 2.45) is 0 Å². The Morgan fingerprint density at radius 1 is 1.29 bits per heavy atom. The largest absolute Gasteiger partial charge is 0.312 e. The highest BCUT2D eigenvalue weighted by atomic mass is 32.1. The number of benzene rings is 1. The Balaban J connectivity index is 1.53. The van der Waals surface area contributed by atoms with Gasteiger partial charge in [-0.2, -0.15) is 5.10 Å². The van der Waals surface area contributed by atoms with Gasteiger partial charge in [0.1, 0.15) is 16.5 Å². The van der Waals surface area contributed by atoms with Gasteiger partial charge in [-0.3, -0.25) is 9.89 Å². The molecule has 0 aliphatic carbocycles. The van der Waals surface area contributed by atoms with Gasteiger partial charge in [0.05, 0.1) is 0 Å². The molecule has 8 heteroatoms. The molecule has 0 radical (unpaired) electrons. The van der Waals surface area contributed by atoms with E-state index in [1.165, 1.54) is 23.5 Å². The van der Waals surface area contributed by atoms with Crippen LogP contribution in [0.3, 0.4) is 0 Å². The average Bonchev–Trinajstić information content (AvgIpc) is 3.23. The molecule has 1 aliphatic rings. The van der Waals surface area contributed by atoms with Crippen LogP contribution in [0, 0.1) is 5.82 Å². The Morgan fingerprint density at radius 2 is 2.12 bits per heavy atom. The highest BCUT2D eigenvalue weighted by molar-refractivity contribution is 7.13. The van der Waals surface area contributed by atoms with Crippen LogP contribution in [0.25, 0.3) is 10.6 Å². The number of halogens is 1. The Bertz CT molecular complexity index is 886. The van der Waals surface area contributed by atoms with Gasteiger partial charge >= 0.3 is 0 Å². The minimum absolute atomic E-state index is 0.301. The quantitative estimate of drug-likeness (QED) is 0.683. The molecule has 3 heterocycles. The average molecular weight is 343 g/mol. The van der Waals surface area contributed by atoms with E-state index in [1.807, 2.05) is 0 Å². The molecule has 1 aromatic carbocycles. The maximum Gasteiger partial charge on any atom is 0.276 e. The second-order valence-electron chi connectivity index (χ2n) is 5.46. The fourth-order valence-corrected chi connectivity index (χ4v) is 3.41. The first-order valence-corrected chi connectivity index (χ1v) is 8.38. The van der Waals surface area contributed by atoms with Gasteiger partial charge in [-0.1, -0.05) is 0 Å². The molecular weight excluding hydrogens is 329 g/mol. The molecule has 0 saturated heterocycles. The Kier molecular flexibility index (Phi) is 3.83. The molecule has 2 aromatic heterocycles. The second-order valence-corrected chi connectivity index (χ2v) is 6.31.